The van der Waals surface area contributed by atoms with Crippen LogP contribution < -0.4 is 10.6 Å². The van der Waals surface area contributed by atoms with Crippen molar-refractivity contribution in [1.82, 2.24) is 5.32 Å². The van der Waals surface area contributed by atoms with Crippen molar-refractivity contribution in [2.45, 2.75) is 6.54 Å². The lowest BCUT2D eigenvalue weighted by Crippen LogP contribution is -2.28. The standard InChI is InChI=1S/C15H13F3N2O/c16-11-6-5-10(13(18)7-11)8-19-9-15(21)20-14-4-2-1-3-12(14)17/h1-7,19H,8-9H2,(H,20,21). The van der Waals surface area contributed by atoms with E-state index in [1.165, 1.54) is 24.3 Å². The van der Waals surface area contributed by atoms with Gasteiger partial charge in [-0.3, -0.25) is 4.79 Å². The first-order valence-electron chi connectivity index (χ1n) is 6.25. The van der Waals surface area contributed by atoms with Gasteiger partial charge in [-0.05, 0) is 18.2 Å². The van der Waals surface area contributed by atoms with Crippen molar-refractivity contribution in [3.8, 4) is 0 Å². The minimum absolute atomic E-state index is 0.0663. The highest BCUT2D eigenvalue weighted by atomic mass is 19.1. The predicted octanol–water partition coefficient (Wildman–Crippen LogP) is 2.83. The number of nitrogens with one attached hydrogen (secondary N) is 2. The molecule has 6 heteroatoms. The van der Waals surface area contributed by atoms with Crippen LogP contribution in [0.5, 0.6) is 0 Å². The molecule has 0 heterocycles. The maximum Gasteiger partial charge on any atom is 0.238 e. The van der Waals surface area contributed by atoms with Crippen molar-refractivity contribution in [3.05, 3.63) is 65.5 Å². The third kappa shape index (κ3) is 4.32. The van der Waals surface area contributed by atoms with Crippen molar-refractivity contribution in [1.29, 1.82) is 0 Å². The van der Waals surface area contributed by atoms with E-state index in [4.69, 9.17) is 0 Å². The fraction of sp³-hybridized carbons (Fsp3) is 0.133. The highest BCUT2D eigenvalue weighted by Crippen LogP contribution is 2.12. The zero-order valence-corrected chi connectivity index (χ0v) is 11.0. The summed E-state index contributed by atoms with van der Waals surface area (Å²) in [5.74, 6) is -2.33. The maximum absolute atomic E-state index is 13.3. The number of carbonyl (C=O) groups is 1. The molecule has 1 amide bonds. The zero-order valence-electron chi connectivity index (χ0n) is 11.0. The van der Waals surface area contributed by atoms with E-state index in [1.807, 2.05) is 0 Å². The maximum atomic E-state index is 13.3. The molecule has 0 aliphatic rings. The average molecular weight is 294 g/mol. The Morgan fingerprint density at radius 3 is 2.48 bits per heavy atom. The summed E-state index contributed by atoms with van der Waals surface area (Å²) in [6.45, 7) is -0.0536. The molecule has 0 saturated carbocycles. The second kappa shape index (κ2) is 6.90. The van der Waals surface area contributed by atoms with Gasteiger partial charge in [0, 0.05) is 18.2 Å². The van der Waals surface area contributed by atoms with Gasteiger partial charge in [0.15, 0.2) is 0 Å². The van der Waals surface area contributed by atoms with Crippen molar-refractivity contribution >= 4 is 11.6 Å². The van der Waals surface area contributed by atoms with Crippen LogP contribution in [-0.2, 0) is 11.3 Å². The van der Waals surface area contributed by atoms with Crippen molar-refractivity contribution in [3.63, 3.8) is 0 Å². The summed E-state index contributed by atoms with van der Waals surface area (Å²) in [6.07, 6.45) is 0. The van der Waals surface area contributed by atoms with Crippen LogP contribution in [0.3, 0.4) is 0 Å². The lowest BCUT2D eigenvalue weighted by molar-refractivity contribution is -0.115. The van der Waals surface area contributed by atoms with Crippen molar-refractivity contribution < 1.29 is 18.0 Å². The quantitative estimate of drug-likeness (QED) is 0.890. The molecule has 0 fully saturated rings. The van der Waals surface area contributed by atoms with Gasteiger partial charge >= 0.3 is 0 Å². The van der Waals surface area contributed by atoms with E-state index < -0.39 is 23.4 Å². The third-order valence-electron chi connectivity index (χ3n) is 2.76. The van der Waals surface area contributed by atoms with Crippen LogP contribution in [0.1, 0.15) is 5.56 Å². The molecule has 0 unspecified atom stereocenters. The number of carbonyl (C=O) groups excluding carboxylic acids is 1. The van der Waals surface area contributed by atoms with Crippen LogP contribution in [0.15, 0.2) is 42.5 Å². The Morgan fingerprint density at radius 2 is 1.76 bits per heavy atom. The minimum atomic E-state index is -0.683. The van der Waals surface area contributed by atoms with Gasteiger partial charge in [-0.2, -0.15) is 0 Å². The Bertz CT molecular complexity index is 647. The molecule has 3 nitrogen and oxygen atoms in total. The lowest BCUT2D eigenvalue weighted by atomic mass is 10.2. The summed E-state index contributed by atoms with van der Waals surface area (Å²) in [7, 11) is 0. The SMILES string of the molecule is O=C(CNCc1ccc(F)cc1F)Nc1ccccc1F. The Balaban J connectivity index is 1.83. The van der Waals surface area contributed by atoms with Crippen molar-refractivity contribution in [2.75, 3.05) is 11.9 Å². The van der Waals surface area contributed by atoms with E-state index in [1.54, 1.807) is 6.07 Å². The summed E-state index contributed by atoms with van der Waals surface area (Å²) in [6, 6.07) is 8.99. The van der Waals surface area contributed by atoms with E-state index >= 15 is 0 Å². The largest absolute Gasteiger partial charge is 0.322 e. The molecular formula is C15H13F3N2O. The molecule has 0 aliphatic heterocycles. The Kier molecular flexibility index (Phi) is 4.94. The summed E-state index contributed by atoms with van der Waals surface area (Å²) < 4.78 is 39.4. The van der Waals surface area contributed by atoms with E-state index in [2.05, 4.69) is 10.6 Å². The smallest absolute Gasteiger partial charge is 0.238 e. The number of benzene rings is 2. The normalized spacial score (nSPS) is 10.4. The minimum Gasteiger partial charge on any atom is -0.322 e. The summed E-state index contributed by atoms with van der Waals surface area (Å²) in [5.41, 5.74) is 0.326. The molecule has 0 bridgehead atoms. The van der Waals surface area contributed by atoms with Crippen LogP contribution >= 0.6 is 0 Å². The molecule has 2 rings (SSSR count). The molecule has 2 aromatic carbocycles. The van der Waals surface area contributed by atoms with E-state index in [9.17, 15) is 18.0 Å². The number of anilines is 1. The number of hydrogen-bond donors (Lipinski definition) is 2. The summed E-state index contributed by atoms with van der Waals surface area (Å²) in [5, 5.41) is 5.09. The topological polar surface area (TPSA) is 41.1 Å². The molecule has 0 aliphatic carbocycles. The average Bonchev–Trinajstić information content (AvgIpc) is 2.44. The van der Waals surface area contributed by atoms with Gasteiger partial charge in [0.1, 0.15) is 17.5 Å². The molecule has 0 aromatic heterocycles. The second-order valence-corrected chi connectivity index (χ2v) is 4.37. The van der Waals surface area contributed by atoms with Gasteiger partial charge in [-0.15, -0.1) is 0 Å². The first kappa shape index (κ1) is 15.1. The Morgan fingerprint density at radius 1 is 1.00 bits per heavy atom. The van der Waals surface area contributed by atoms with E-state index in [0.29, 0.717) is 0 Å². The molecule has 21 heavy (non-hydrogen) atoms. The Hall–Kier alpha value is -2.34. The molecular weight excluding hydrogens is 281 g/mol. The first-order chi connectivity index (χ1) is 10.1. The van der Waals surface area contributed by atoms with E-state index in [0.717, 1.165) is 12.1 Å². The number of hydrogen-bond acceptors (Lipinski definition) is 2. The third-order valence-corrected chi connectivity index (χ3v) is 2.76. The number of amides is 1. The number of rotatable bonds is 5. The van der Waals surface area contributed by atoms with Crippen molar-refractivity contribution in [2.24, 2.45) is 0 Å². The van der Waals surface area contributed by atoms with Gasteiger partial charge in [0.05, 0.1) is 12.2 Å². The summed E-state index contributed by atoms with van der Waals surface area (Å²) in [4.78, 5) is 11.6. The highest BCUT2D eigenvalue weighted by molar-refractivity contribution is 5.92. The molecule has 2 N–H and O–H groups in total. The fourth-order valence-corrected chi connectivity index (χ4v) is 1.73. The molecule has 0 saturated heterocycles. The van der Waals surface area contributed by atoms with Gasteiger partial charge in [0.2, 0.25) is 5.91 Å². The van der Waals surface area contributed by atoms with Gasteiger partial charge < -0.3 is 10.6 Å². The van der Waals surface area contributed by atoms with Gasteiger partial charge in [0.25, 0.3) is 0 Å². The first-order valence-corrected chi connectivity index (χ1v) is 6.25. The lowest BCUT2D eigenvalue weighted by Gasteiger charge is -2.08. The predicted molar refractivity (Wildman–Crippen MR) is 73.1 cm³/mol. The zero-order chi connectivity index (χ0) is 15.2. The van der Waals surface area contributed by atoms with Crippen LogP contribution in [0.25, 0.3) is 0 Å². The molecule has 0 atom stereocenters. The van der Waals surface area contributed by atoms with Gasteiger partial charge in [-0.1, -0.05) is 18.2 Å². The fourth-order valence-electron chi connectivity index (χ4n) is 1.73. The molecule has 0 radical (unpaired) electrons. The second-order valence-electron chi connectivity index (χ2n) is 4.37. The number of para-hydroxylation sites is 1. The van der Waals surface area contributed by atoms with Gasteiger partial charge in [-0.25, -0.2) is 13.2 Å². The van der Waals surface area contributed by atoms with Crippen LogP contribution in [0.4, 0.5) is 18.9 Å². The van der Waals surface area contributed by atoms with E-state index in [-0.39, 0.29) is 24.3 Å². The Labute approximate surface area is 119 Å². The van der Waals surface area contributed by atoms with Crippen LogP contribution in [0, 0.1) is 17.5 Å². The molecule has 0 spiro atoms. The number of halogens is 3. The summed E-state index contributed by atoms with van der Waals surface area (Å²) >= 11 is 0. The molecule has 2 aromatic rings. The van der Waals surface area contributed by atoms with Crippen LogP contribution in [0.2, 0.25) is 0 Å². The monoisotopic (exact) mass is 294 g/mol. The highest BCUT2D eigenvalue weighted by Gasteiger charge is 2.07. The van der Waals surface area contributed by atoms with Crippen LogP contribution in [-0.4, -0.2) is 12.5 Å². The molecule has 110 valence electrons.